The first kappa shape index (κ1) is 17.0. The number of hydrogen-bond donors (Lipinski definition) is 1. The smallest absolute Gasteiger partial charge is 0.239 e. The fraction of sp³-hybridized carbons (Fsp3) is 0.611. The van der Waals surface area contributed by atoms with Gasteiger partial charge in [-0.2, -0.15) is 0 Å². The molecule has 122 valence electrons. The zero-order valence-corrected chi connectivity index (χ0v) is 14.3. The van der Waals surface area contributed by atoms with Gasteiger partial charge in [-0.25, -0.2) is 0 Å². The minimum atomic E-state index is -0.0508. The third-order valence-electron chi connectivity index (χ3n) is 4.81. The topological polar surface area (TPSA) is 35.6 Å². The Hall–Kier alpha value is -1.39. The van der Waals surface area contributed by atoms with E-state index in [1.54, 1.807) is 0 Å². The average molecular weight is 303 g/mol. The molecule has 1 saturated heterocycles. The van der Waals surface area contributed by atoms with Gasteiger partial charge in [0.05, 0.1) is 6.04 Å². The van der Waals surface area contributed by atoms with Crippen molar-refractivity contribution in [3.63, 3.8) is 0 Å². The van der Waals surface area contributed by atoms with E-state index in [0.717, 1.165) is 19.5 Å². The van der Waals surface area contributed by atoms with Crippen LogP contribution in [0.3, 0.4) is 0 Å². The number of likely N-dealkylation sites (N-methyl/N-ethyl adjacent to an activating group) is 2. The van der Waals surface area contributed by atoms with Crippen molar-refractivity contribution in [2.24, 2.45) is 0 Å². The summed E-state index contributed by atoms with van der Waals surface area (Å²) in [5.74, 6) is 0.208. The number of likely N-dealkylation sites (tertiary alicyclic amines) is 1. The van der Waals surface area contributed by atoms with Crippen LogP contribution in [-0.2, 0) is 11.3 Å². The molecule has 1 aliphatic heterocycles. The van der Waals surface area contributed by atoms with E-state index in [0.29, 0.717) is 12.6 Å². The Balaban J connectivity index is 1.96. The van der Waals surface area contributed by atoms with E-state index in [1.807, 2.05) is 38.1 Å². The molecule has 0 aromatic heterocycles. The van der Waals surface area contributed by atoms with Crippen molar-refractivity contribution in [2.45, 2.75) is 45.3 Å². The molecule has 1 heterocycles. The molecule has 1 aromatic rings. The quantitative estimate of drug-likeness (QED) is 0.904. The summed E-state index contributed by atoms with van der Waals surface area (Å²) in [7, 11) is 3.91. The van der Waals surface area contributed by atoms with E-state index < -0.39 is 0 Å². The van der Waals surface area contributed by atoms with Crippen LogP contribution in [0.2, 0.25) is 0 Å². The van der Waals surface area contributed by atoms with Gasteiger partial charge in [-0.05, 0) is 51.4 Å². The molecule has 2 unspecified atom stereocenters. The van der Waals surface area contributed by atoms with Crippen LogP contribution in [0.5, 0.6) is 0 Å². The molecule has 1 amide bonds. The van der Waals surface area contributed by atoms with Crippen molar-refractivity contribution in [2.75, 3.05) is 27.2 Å². The van der Waals surface area contributed by atoms with Gasteiger partial charge in [0.15, 0.2) is 0 Å². The summed E-state index contributed by atoms with van der Waals surface area (Å²) in [6.07, 6.45) is 2.36. The number of carbonyl (C=O) groups is 1. The molecule has 0 saturated carbocycles. The monoisotopic (exact) mass is 303 g/mol. The number of benzene rings is 1. The van der Waals surface area contributed by atoms with Crippen molar-refractivity contribution in [1.82, 2.24) is 15.1 Å². The average Bonchev–Trinajstić information content (AvgIpc) is 2.55. The Morgan fingerprint density at radius 1 is 1.45 bits per heavy atom. The first-order valence-corrected chi connectivity index (χ1v) is 8.23. The number of nitrogens with zero attached hydrogens (tertiary/aromatic N) is 2. The molecule has 22 heavy (non-hydrogen) atoms. The van der Waals surface area contributed by atoms with Gasteiger partial charge in [-0.1, -0.05) is 24.3 Å². The molecule has 1 N–H and O–H groups in total. The first-order chi connectivity index (χ1) is 10.5. The number of hydrogen-bond acceptors (Lipinski definition) is 3. The fourth-order valence-corrected chi connectivity index (χ4v) is 3.19. The maximum Gasteiger partial charge on any atom is 0.239 e. The summed E-state index contributed by atoms with van der Waals surface area (Å²) < 4.78 is 0. The molecule has 1 aromatic carbocycles. The predicted molar refractivity (Wildman–Crippen MR) is 90.8 cm³/mol. The van der Waals surface area contributed by atoms with Crippen molar-refractivity contribution in [3.8, 4) is 0 Å². The molecule has 0 bridgehead atoms. The minimum Gasteiger partial charge on any atom is -0.340 e. The summed E-state index contributed by atoms with van der Waals surface area (Å²) in [4.78, 5) is 16.9. The maximum absolute atomic E-state index is 12.7. The molecule has 0 radical (unpaired) electrons. The summed E-state index contributed by atoms with van der Waals surface area (Å²) in [6.45, 7) is 6.79. The second-order valence-corrected chi connectivity index (χ2v) is 6.42. The third kappa shape index (κ3) is 4.08. The van der Waals surface area contributed by atoms with Gasteiger partial charge >= 0.3 is 0 Å². The number of carbonyl (C=O) groups excluding carboxylic acids is 1. The van der Waals surface area contributed by atoms with Crippen LogP contribution in [0.15, 0.2) is 24.3 Å². The van der Waals surface area contributed by atoms with Crippen LogP contribution in [0.1, 0.15) is 30.9 Å². The predicted octanol–water partition coefficient (Wildman–Crippen LogP) is 2.03. The highest BCUT2D eigenvalue weighted by molar-refractivity contribution is 5.81. The highest BCUT2D eigenvalue weighted by atomic mass is 16.2. The highest BCUT2D eigenvalue weighted by Gasteiger charge is 2.28. The van der Waals surface area contributed by atoms with Crippen molar-refractivity contribution < 1.29 is 4.79 Å². The van der Waals surface area contributed by atoms with E-state index in [4.69, 9.17) is 0 Å². The Bertz CT molecular complexity index is 503. The number of rotatable bonds is 5. The molecule has 2 rings (SSSR count). The fourth-order valence-electron chi connectivity index (χ4n) is 3.19. The lowest BCUT2D eigenvalue weighted by Gasteiger charge is -2.37. The van der Waals surface area contributed by atoms with E-state index in [2.05, 4.69) is 29.3 Å². The van der Waals surface area contributed by atoms with Crippen molar-refractivity contribution in [1.29, 1.82) is 0 Å². The molecule has 0 spiro atoms. The van der Waals surface area contributed by atoms with Crippen molar-refractivity contribution >= 4 is 5.91 Å². The maximum atomic E-state index is 12.7. The van der Waals surface area contributed by atoms with E-state index in [1.165, 1.54) is 17.5 Å². The molecule has 4 nitrogen and oxygen atoms in total. The summed E-state index contributed by atoms with van der Waals surface area (Å²) in [6, 6.07) is 8.72. The molecule has 0 aliphatic carbocycles. The van der Waals surface area contributed by atoms with Gasteiger partial charge in [-0.3, -0.25) is 9.69 Å². The zero-order chi connectivity index (χ0) is 16.1. The second-order valence-electron chi connectivity index (χ2n) is 6.42. The van der Waals surface area contributed by atoms with Crippen LogP contribution >= 0.6 is 0 Å². The van der Waals surface area contributed by atoms with Gasteiger partial charge in [-0.15, -0.1) is 0 Å². The molecule has 1 aliphatic rings. The molecule has 2 atom stereocenters. The van der Waals surface area contributed by atoms with Gasteiger partial charge in [0, 0.05) is 26.2 Å². The van der Waals surface area contributed by atoms with Crippen molar-refractivity contribution in [3.05, 3.63) is 35.4 Å². The van der Waals surface area contributed by atoms with Crippen LogP contribution in [0.4, 0.5) is 0 Å². The number of piperidine rings is 1. The van der Waals surface area contributed by atoms with Crippen LogP contribution in [0.25, 0.3) is 0 Å². The summed E-state index contributed by atoms with van der Waals surface area (Å²) >= 11 is 0. The minimum absolute atomic E-state index is 0.0508. The molecule has 1 fully saturated rings. The van der Waals surface area contributed by atoms with E-state index in [9.17, 15) is 4.79 Å². The molecular formula is C18H29N3O. The zero-order valence-electron chi connectivity index (χ0n) is 14.3. The highest BCUT2D eigenvalue weighted by Crippen LogP contribution is 2.16. The Morgan fingerprint density at radius 2 is 2.18 bits per heavy atom. The Labute approximate surface area is 134 Å². The van der Waals surface area contributed by atoms with Gasteiger partial charge < -0.3 is 10.2 Å². The number of amides is 1. The van der Waals surface area contributed by atoms with Crippen LogP contribution in [0, 0.1) is 6.92 Å². The third-order valence-corrected chi connectivity index (χ3v) is 4.81. The second kappa shape index (κ2) is 7.75. The van der Waals surface area contributed by atoms with Gasteiger partial charge in [0.25, 0.3) is 0 Å². The standard InChI is InChI=1S/C18H29N3O/c1-14-8-5-6-9-16(14)12-20(4)18(22)15(2)21-11-7-10-17(13-21)19-3/h5-6,8-9,15,17,19H,7,10-13H2,1-4H3. The SMILES string of the molecule is CNC1CCCN(C(C)C(=O)N(C)Cc2ccccc2C)C1. The van der Waals surface area contributed by atoms with Gasteiger partial charge in [0.2, 0.25) is 5.91 Å². The number of nitrogens with one attached hydrogen (secondary N) is 1. The lowest BCUT2D eigenvalue weighted by Crippen LogP contribution is -2.52. The largest absolute Gasteiger partial charge is 0.340 e. The molecular weight excluding hydrogens is 274 g/mol. The first-order valence-electron chi connectivity index (χ1n) is 8.23. The van der Waals surface area contributed by atoms with Crippen LogP contribution in [-0.4, -0.2) is 55.0 Å². The van der Waals surface area contributed by atoms with Gasteiger partial charge in [0.1, 0.15) is 0 Å². The Kier molecular flexibility index (Phi) is 5.98. The van der Waals surface area contributed by atoms with Crippen LogP contribution < -0.4 is 5.32 Å². The van der Waals surface area contributed by atoms with E-state index >= 15 is 0 Å². The lowest BCUT2D eigenvalue weighted by atomic mass is 10.0. The normalized spacial score (nSPS) is 20.6. The Morgan fingerprint density at radius 3 is 2.86 bits per heavy atom. The lowest BCUT2D eigenvalue weighted by molar-refractivity contribution is -0.136. The summed E-state index contributed by atoms with van der Waals surface area (Å²) in [5, 5.41) is 3.34. The summed E-state index contributed by atoms with van der Waals surface area (Å²) in [5.41, 5.74) is 2.46. The van der Waals surface area contributed by atoms with E-state index in [-0.39, 0.29) is 11.9 Å². The molecule has 4 heteroatoms. The number of aryl methyl sites for hydroxylation is 1.